The first-order chi connectivity index (χ1) is 13.5. The maximum Gasteiger partial charge on any atom is 0.290 e. The molecule has 0 aromatic heterocycles. The molecule has 7 nitrogen and oxygen atoms in total. The van der Waals surface area contributed by atoms with Crippen LogP contribution in [0.25, 0.3) is 0 Å². The van der Waals surface area contributed by atoms with Gasteiger partial charge in [-0.1, -0.05) is 39.0 Å². The molecule has 28 heavy (non-hydrogen) atoms. The second-order valence-electron chi connectivity index (χ2n) is 6.15. The van der Waals surface area contributed by atoms with Crippen molar-refractivity contribution in [2.75, 3.05) is 26.7 Å². The molecule has 0 saturated heterocycles. The Labute approximate surface area is 168 Å². The normalized spacial score (nSPS) is 15.2. The Bertz CT molecular complexity index is 582. The van der Waals surface area contributed by atoms with Gasteiger partial charge in [0.05, 0.1) is 7.11 Å². The molecule has 2 rings (SSSR count). The van der Waals surface area contributed by atoms with Gasteiger partial charge in [-0.15, -0.1) is 0 Å². The van der Waals surface area contributed by atoms with E-state index in [4.69, 9.17) is 24.5 Å². The zero-order chi connectivity index (χ0) is 21.4. The van der Waals surface area contributed by atoms with E-state index < -0.39 is 0 Å². The van der Waals surface area contributed by atoms with Crippen LogP contribution >= 0.6 is 0 Å². The number of hydrogen-bond donors (Lipinski definition) is 2. The molecule has 158 valence electrons. The van der Waals surface area contributed by atoms with Crippen molar-refractivity contribution in [1.29, 1.82) is 0 Å². The van der Waals surface area contributed by atoms with E-state index in [9.17, 15) is 0 Å². The van der Waals surface area contributed by atoms with Crippen LogP contribution in [0.4, 0.5) is 0 Å². The summed E-state index contributed by atoms with van der Waals surface area (Å²) in [4.78, 5) is 21.7. The van der Waals surface area contributed by atoms with Gasteiger partial charge in [0.15, 0.2) is 0 Å². The molecule has 0 saturated carbocycles. The minimum Gasteiger partial charge on any atom is -0.496 e. The molecule has 1 aliphatic rings. The number of ether oxygens (including phenoxy) is 1. The smallest absolute Gasteiger partial charge is 0.290 e. The van der Waals surface area contributed by atoms with Crippen molar-refractivity contribution >= 4 is 12.9 Å². The highest BCUT2D eigenvalue weighted by Gasteiger charge is 2.18. The molecule has 1 aromatic carbocycles. The first kappa shape index (κ1) is 25.6. The maximum absolute atomic E-state index is 8.36. The molecule has 1 unspecified atom stereocenters. The average molecular weight is 395 g/mol. The molecular weight excluding hydrogens is 360 g/mol. The Kier molecular flexibility index (Phi) is 14.3. The first-order valence-electron chi connectivity index (χ1n) is 9.49. The summed E-state index contributed by atoms with van der Waals surface area (Å²) in [5.74, 6) is 1.00. The Morgan fingerprint density at radius 1 is 1.18 bits per heavy atom. The molecule has 0 spiro atoms. The average Bonchev–Trinajstić information content (AvgIpc) is 3.14. The van der Waals surface area contributed by atoms with Gasteiger partial charge in [-0.2, -0.15) is 0 Å². The molecule has 1 aliphatic heterocycles. The topological polar surface area (TPSA) is 90.3 Å². The lowest BCUT2D eigenvalue weighted by molar-refractivity contribution is -0.123. The van der Waals surface area contributed by atoms with Gasteiger partial charge in [0, 0.05) is 31.2 Å². The van der Waals surface area contributed by atoms with Gasteiger partial charge in [-0.05, 0) is 37.2 Å². The number of hydrogen-bond acceptors (Lipinski definition) is 5. The van der Waals surface area contributed by atoms with Gasteiger partial charge in [-0.3, -0.25) is 19.4 Å². The second-order valence-corrected chi connectivity index (χ2v) is 6.15. The predicted molar refractivity (Wildman–Crippen MR) is 111 cm³/mol. The summed E-state index contributed by atoms with van der Waals surface area (Å²) in [5, 5.41) is 13.8. The SMILES string of the molecule is CCC1C=CCN1Cc1ccc(OC)c(CN(CC)CC)c1.O=CO.O=CO. The fraction of sp³-hybridized carbons (Fsp3) is 0.524. The number of carbonyl (C=O) groups is 2. The van der Waals surface area contributed by atoms with Crippen LogP contribution in [-0.2, 0) is 22.7 Å². The summed E-state index contributed by atoms with van der Waals surface area (Å²) in [6, 6.07) is 7.24. The van der Waals surface area contributed by atoms with Crippen molar-refractivity contribution in [2.45, 2.75) is 46.3 Å². The van der Waals surface area contributed by atoms with E-state index in [1.807, 2.05) is 0 Å². The Morgan fingerprint density at radius 3 is 2.29 bits per heavy atom. The lowest BCUT2D eigenvalue weighted by atomic mass is 10.1. The zero-order valence-electron chi connectivity index (χ0n) is 17.4. The minimum atomic E-state index is -0.250. The van der Waals surface area contributed by atoms with Crippen molar-refractivity contribution < 1.29 is 24.5 Å². The van der Waals surface area contributed by atoms with Crippen molar-refractivity contribution in [3.05, 3.63) is 41.5 Å². The van der Waals surface area contributed by atoms with Crippen LogP contribution in [-0.4, -0.2) is 65.7 Å². The number of methoxy groups -OCH3 is 1. The number of rotatable bonds is 8. The van der Waals surface area contributed by atoms with Gasteiger partial charge in [0.1, 0.15) is 5.75 Å². The van der Waals surface area contributed by atoms with Crippen LogP contribution in [0.2, 0.25) is 0 Å². The van der Waals surface area contributed by atoms with Crippen molar-refractivity contribution in [1.82, 2.24) is 9.80 Å². The highest BCUT2D eigenvalue weighted by Crippen LogP contribution is 2.24. The van der Waals surface area contributed by atoms with E-state index in [-0.39, 0.29) is 12.9 Å². The molecule has 0 radical (unpaired) electrons. The standard InChI is InChI=1S/C19H30N2O.2CH2O2/c1-5-18-9-8-12-21(18)14-16-10-11-19(22-4)17(13-16)15-20(6-2)7-3;2*2-1-3/h8-11,13,18H,5-7,12,14-15H2,1-4H3;2*1H,(H,2,3). The highest BCUT2D eigenvalue weighted by molar-refractivity contribution is 5.37. The van der Waals surface area contributed by atoms with Crippen LogP contribution in [0.15, 0.2) is 30.4 Å². The predicted octanol–water partition coefficient (Wildman–Crippen LogP) is 3.09. The molecule has 2 N–H and O–H groups in total. The van der Waals surface area contributed by atoms with Gasteiger partial charge in [0.25, 0.3) is 12.9 Å². The maximum atomic E-state index is 8.36. The van der Waals surface area contributed by atoms with Crippen molar-refractivity contribution in [3.63, 3.8) is 0 Å². The number of nitrogens with zero attached hydrogens (tertiary/aromatic N) is 2. The molecule has 0 fully saturated rings. The van der Waals surface area contributed by atoms with Crippen LogP contribution in [0.3, 0.4) is 0 Å². The van der Waals surface area contributed by atoms with E-state index in [0.717, 1.165) is 38.5 Å². The van der Waals surface area contributed by atoms with Crippen molar-refractivity contribution in [2.24, 2.45) is 0 Å². The molecule has 1 aromatic rings. The van der Waals surface area contributed by atoms with E-state index in [0.29, 0.717) is 6.04 Å². The van der Waals surface area contributed by atoms with Crippen molar-refractivity contribution in [3.8, 4) is 5.75 Å². The molecule has 0 aliphatic carbocycles. The highest BCUT2D eigenvalue weighted by atomic mass is 16.5. The molecule has 7 heteroatoms. The van der Waals surface area contributed by atoms with Gasteiger partial charge >= 0.3 is 0 Å². The summed E-state index contributed by atoms with van der Waals surface area (Å²) < 4.78 is 5.55. The fourth-order valence-corrected chi connectivity index (χ4v) is 3.16. The van der Waals surface area contributed by atoms with Gasteiger partial charge < -0.3 is 14.9 Å². The lowest BCUT2D eigenvalue weighted by Gasteiger charge is -2.24. The van der Waals surface area contributed by atoms with E-state index >= 15 is 0 Å². The second kappa shape index (κ2) is 15.7. The number of carboxylic acid groups (broad SMARTS) is 2. The zero-order valence-corrected chi connectivity index (χ0v) is 17.4. The summed E-state index contributed by atoms with van der Waals surface area (Å²) >= 11 is 0. The lowest BCUT2D eigenvalue weighted by Crippen LogP contribution is -2.29. The minimum absolute atomic E-state index is 0.250. The summed E-state index contributed by atoms with van der Waals surface area (Å²) in [7, 11) is 1.76. The largest absolute Gasteiger partial charge is 0.496 e. The quantitative estimate of drug-likeness (QED) is 0.517. The van der Waals surface area contributed by atoms with Gasteiger partial charge in [0.2, 0.25) is 0 Å². The van der Waals surface area contributed by atoms with Gasteiger partial charge in [-0.25, -0.2) is 0 Å². The fourth-order valence-electron chi connectivity index (χ4n) is 3.16. The van der Waals surface area contributed by atoms with E-state index in [1.54, 1.807) is 7.11 Å². The van der Waals surface area contributed by atoms with Crippen LogP contribution in [0.5, 0.6) is 5.75 Å². The molecule has 0 bridgehead atoms. The van der Waals surface area contributed by atoms with E-state index in [1.165, 1.54) is 17.5 Å². The molecule has 0 amide bonds. The third-order valence-electron chi connectivity index (χ3n) is 4.60. The van der Waals surface area contributed by atoms with Crippen LogP contribution in [0, 0.1) is 0 Å². The Balaban J connectivity index is 0.00000108. The summed E-state index contributed by atoms with van der Waals surface area (Å²) in [6.45, 7) is 11.3. The Morgan fingerprint density at radius 2 is 1.79 bits per heavy atom. The molecule has 1 atom stereocenters. The third-order valence-corrected chi connectivity index (χ3v) is 4.60. The number of benzene rings is 1. The third kappa shape index (κ3) is 9.01. The van der Waals surface area contributed by atoms with Crippen LogP contribution in [0.1, 0.15) is 38.3 Å². The summed E-state index contributed by atoms with van der Waals surface area (Å²) in [5.41, 5.74) is 2.68. The van der Waals surface area contributed by atoms with Crippen LogP contribution < -0.4 is 4.74 Å². The molecule has 1 heterocycles. The van der Waals surface area contributed by atoms with E-state index in [2.05, 4.69) is 60.9 Å². The Hall–Kier alpha value is -2.38. The summed E-state index contributed by atoms with van der Waals surface area (Å²) in [6.07, 6.45) is 5.80. The molecular formula is C21H34N2O5. The first-order valence-corrected chi connectivity index (χ1v) is 9.49. The monoisotopic (exact) mass is 394 g/mol.